The monoisotopic (exact) mass is 430 g/mol. The van der Waals surface area contributed by atoms with Crippen molar-refractivity contribution in [3.8, 4) is 11.5 Å². The summed E-state index contributed by atoms with van der Waals surface area (Å²) in [7, 11) is 2.99. The second kappa shape index (κ2) is 8.85. The lowest BCUT2D eigenvalue weighted by Crippen LogP contribution is -2.15. The smallest absolute Gasteiger partial charge is 0.291 e. The number of methoxy groups -OCH3 is 2. The summed E-state index contributed by atoms with van der Waals surface area (Å²) in [6.07, 6.45) is 0. The Labute approximate surface area is 184 Å². The van der Waals surface area contributed by atoms with Crippen LogP contribution in [-0.2, 0) is 0 Å². The fourth-order valence-electron chi connectivity index (χ4n) is 3.43. The summed E-state index contributed by atoms with van der Waals surface area (Å²) in [5, 5.41) is 6.56. The number of carbonyl (C=O) groups is 2. The Kier molecular flexibility index (Phi) is 5.81. The molecule has 0 aliphatic rings. The van der Waals surface area contributed by atoms with E-state index in [-0.39, 0.29) is 17.6 Å². The third-order valence-corrected chi connectivity index (χ3v) is 5.04. The van der Waals surface area contributed by atoms with Crippen molar-refractivity contribution >= 4 is 34.2 Å². The Morgan fingerprint density at radius 2 is 1.53 bits per heavy atom. The van der Waals surface area contributed by atoms with Crippen LogP contribution in [0.1, 0.15) is 26.5 Å². The lowest BCUT2D eigenvalue weighted by atomic mass is 10.1. The Balaban J connectivity index is 1.51. The predicted molar refractivity (Wildman–Crippen MR) is 123 cm³/mol. The van der Waals surface area contributed by atoms with Crippen molar-refractivity contribution in [2.45, 2.75) is 6.92 Å². The number of aryl methyl sites for hydroxylation is 1. The van der Waals surface area contributed by atoms with Crippen LogP contribution in [0.2, 0.25) is 0 Å². The van der Waals surface area contributed by atoms with E-state index in [0.717, 1.165) is 10.9 Å². The fourth-order valence-corrected chi connectivity index (χ4v) is 3.43. The van der Waals surface area contributed by atoms with Crippen LogP contribution in [0.25, 0.3) is 11.0 Å². The number of rotatable bonds is 6. The number of hydrogen-bond donors (Lipinski definition) is 2. The van der Waals surface area contributed by atoms with Crippen LogP contribution >= 0.6 is 0 Å². The number of ether oxygens (including phenoxy) is 2. The summed E-state index contributed by atoms with van der Waals surface area (Å²) in [6, 6.07) is 19.5. The van der Waals surface area contributed by atoms with Gasteiger partial charge in [-0.1, -0.05) is 24.3 Å². The average molecular weight is 430 g/mol. The molecule has 32 heavy (non-hydrogen) atoms. The molecule has 0 aliphatic heterocycles. The molecule has 0 unspecified atom stereocenters. The fraction of sp³-hybridized carbons (Fsp3) is 0.120. The van der Waals surface area contributed by atoms with Crippen molar-refractivity contribution < 1.29 is 23.5 Å². The minimum atomic E-state index is -0.363. The van der Waals surface area contributed by atoms with Crippen LogP contribution in [0.5, 0.6) is 11.5 Å². The maximum Gasteiger partial charge on any atom is 0.291 e. The van der Waals surface area contributed by atoms with Gasteiger partial charge in [-0.3, -0.25) is 9.59 Å². The van der Waals surface area contributed by atoms with E-state index in [1.54, 1.807) is 42.5 Å². The molecule has 0 bridgehead atoms. The van der Waals surface area contributed by atoms with Crippen LogP contribution in [0, 0.1) is 6.92 Å². The Morgan fingerprint density at radius 3 is 2.19 bits per heavy atom. The zero-order valence-corrected chi connectivity index (χ0v) is 17.9. The van der Waals surface area contributed by atoms with Crippen LogP contribution < -0.4 is 20.1 Å². The van der Waals surface area contributed by atoms with Gasteiger partial charge in [-0.05, 0) is 55.0 Å². The molecule has 2 N–H and O–H groups in total. The van der Waals surface area contributed by atoms with Gasteiger partial charge >= 0.3 is 0 Å². The molecule has 4 rings (SSSR count). The second-order valence-corrected chi connectivity index (χ2v) is 7.12. The molecular formula is C25H22N2O5. The van der Waals surface area contributed by atoms with Crippen molar-refractivity contribution in [2.24, 2.45) is 0 Å². The van der Waals surface area contributed by atoms with Crippen LogP contribution in [0.15, 0.2) is 71.1 Å². The average Bonchev–Trinajstić information content (AvgIpc) is 3.24. The summed E-state index contributed by atoms with van der Waals surface area (Å²) in [6.45, 7) is 1.84. The van der Waals surface area contributed by atoms with Crippen molar-refractivity contribution in [3.63, 3.8) is 0 Å². The summed E-state index contributed by atoms with van der Waals surface area (Å²) < 4.78 is 16.2. The lowest BCUT2D eigenvalue weighted by molar-refractivity contribution is 0.0995. The molecule has 0 saturated heterocycles. The lowest BCUT2D eigenvalue weighted by Gasteiger charge is -2.14. The minimum Gasteiger partial charge on any atom is -0.496 e. The third kappa shape index (κ3) is 4.13. The predicted octanol–water partition coefficient (Wildman–Crippen LogP) is 5.26. The number of hydrogen-bond acceptors (Lipinski definition) is 5. The van der Waals surface area contributed by atoms with Gasteiger partial charge in [0.15, 0.2) is 5.76 Å². The van der Waals surface area contributed by atoms with E-state index in [9.17, 15) is 9.59 Å². The van der Waals surface area contributed by atoms with E-state index in [2.05, 4.69) is 10.6 Å². The molecule has 1 heterocycles. The molecule has 0 radical (unpaired) electrons. The molecule has 0 saturated carbocycles. The quantitative estimate of drug-likeness (QED) is 0.435. The number of nitrogens with one attached hydrogen (secondary N) is 2. The maximum absolute atomic E-state index is 12.9. The number of furan rings is 1. The van der Waals surface area contributed by atoms with E-state index in [1.165, 1.54) is 14.2 Å². The van der Waals surface area contributed by atoms with Crippen LogP contribution in [0.4, 0.5) is 11.4 Å². The minimum absolute atomic E-state index is 0.228. The van der Waals surface area contributed by atoms with Crippen molar-refractivity contribution in [2.75, 3.05) is 24.9 Å². The molecular weight excluding hydrogens is 408 g/mol. The van der Waals surface area contributed by atoms with E-state index in [1.807, 2.05) is 31.2 Å². The highest BCUT2D eigenvalue weighted by molar-refractivity contribution is 6.09. The standard InChI is InChI=1S/C25H22N2O5/c1-15-13-17(26-25(29)23-20(30-2)9-6-10-21(23)31-3)11-12-18(15)27-24(28)22-14-16-7-4-5-8-19(16)32-22/h4-14H,1-3H3,(H,26,29)(H,27,28). The highest BCUT2D eigenvalue weighted by atomic mass is 16.5. The van der Waals surface area contributed by atoms with Gasteiger partial charge < -0.3 is 24.5 Å². The topological polar surface area (TPSA) is 89.8 Å². The van der Waals surface area contributed by atoms with Gasteiger partial charge in [-0.25, -0.2) is 0 Å². The normalized spacial score (nSPS) is 10.6. The molecule has 162 valence electrons. The first-order chi connectivity index (χ1) is 15.5. The maximum atomic E-state index is 12.9. The molecule has 0 spiro atoms. The first kappa shape index (κ1) is 21.0. The third-order valence-electron chi connectivity index (χ3n) is 5.04. The van der Waals surface area contributed by atoms with E-state index in [0.29, 0.717) is 34.0 Å². The Morgan fingerprint density at radius 1 is 0.812 bits per heavy atom. The molecule has 7 heteroatoms. The van der Waals surface area contributed by atoms with Gasteiger partial charge in [-0.15, -0.1) is 0 Å². The number of benzene rings is 3. The summed E-state index contributed by atoms with van der Waals surface area (Å²) in [5.74, 6) is 0.338. The molecule has 4 aromatic rings. The summed E-state index contributed by atoms with van der Waals surface area (Å²) in [4.78, 5) is 25.5. The SMILES string of the molecule is COc1cccc(OC)c1C(=O)Nc1ccc(NC(=O)c2cc3ccccc3o2)c(C)c1. The zero-order valence-electron chi connectivity index (χ0n) is 17.9. The summed E-state index contributed by atoms with van der Waals surface area (Å²) in [5.41, 5.74) is 2.92. The number of amides is 2. The number of anilines is 2. The highest BCUT2D eigenvalue weighted by Gasteiger charge is 2.19. The second-order valence-electron chi connectivity index (χ2n) is 7.12. The largest absolute Gasteiger partial charge is 0.496 e. The van der Waals surface area contributed by atoms with Crippen LogP contribution in [-0.4, -0.2) is 26.0 Å². The van der Waals surface area contributed by atoms with E-state index in [4.69, 9.17) is 13.9 Å². The van der Waals surface area contributed by atoms with Crippen molar-refractivity contribution in [3.05, 3.63) is 83.6 Å². The molecule has 7 nitrogen and oxygen atoms in total. The van der Waals surface area contributed by atoms with E-state index >= 15 is 0 Å². The molecule has 2 amide bonds. The Bertz CT molecular complexity index is 1250. The summed E-state index contributed by atoms with van der Waals surface area (Å²) >= 11 is 0. The van der Waals surface area contributed by atoms with Crippen LogP contribution in [0.3, 0.4) is 0 Å². The molecule has 1 aromatic heterocycles. The number of carbonyl (C=O) groups excluding carboxylic acids is 2. The zero-order chi connectivity index (χ0) is 22.7. The first-order valence-electron chi connectivity index (χ1n) is 9.93. The van der Waals surface area contributed by atoms with Crippen molar-refractivity contribution in [1.82, 2.24) is 0 Å². The molecule has 0 fully saturated rings. The van der Waals surface area contributed by atoms with Crippen molar-refractivity contribution in [1.29, 1.82) is 0 Å². The number of para-hydroxylation sites is 1. The molecule has 0 aliphatic carbocycles. The number of fused-ring (bicyclic) bond motifs is 1. The van der Waals surface area contributed by atoms with Gasteiger partial charge in [0.2, 0.25) is 0 Å². The van der Waals surface area contributed by atoms with Gasteiger partial charge in [-0.2, -0.15) is 0 Å². The van der Waals surface area contributed by atoms with Gasteiger partial charge in [0.1, 0.15) is 22.6 Å². The highest BCUT2D eigenvalue weighted by Crippen LogP contribution is 2.30. The Hall–Kier alpha value is -4.26. The van der Waals surface area contributed by atoms with Gasteiger partial charge in [0, 0.05) is 16.8 Å². The molecule has 0 atom stereocenters. The molecule has 3 aromatic carbocycles. The van der Waals surface area contributed by atoms with Gasteiger partial charge in [0.05, 0.1) is 14.2 Å². The van der Waals surface area contributed by atoms with Gasteiger partial charge in [0.25, 0.3) is 11.8 Å². The van der Waals surface area contributed by atoms with E-state index < -0.39 is 0 Å². The first-order valence-corrected chi connectivity index (χ1v) is 9.93.